The number of benzene rings is 1. The minimum atomic E-state index is -0.525. The van der Waals surface area contributed by atoms with Crippen LogP contribution in [0.3, 0.4) is 0 Å². The van der Waals surface area contributed by atoms with E-state index in [-0.39, 0.29) is 5.90 Å². The van der Waals surface area contributed by atoms with E-state index in [1.54, 1.807) is 31.5 Å². The van der Waals surface area contributed by atoms with Crippen LogP contribution in [0.5, 0.6) is 5.75 Å². The van der Waals surface area contributed by atoms with Crippen molar-refractivity contribution in [1.82, 2.24) is 0 Å². The van der Waals surface area contributed by atoms with Crippen molar-refractivity contribution in [2.45, 2.75) is 0 Å². The van der Waals surface area contributed by atoms with E-state index in [0.29, 0.717) is 5.75 Å². The highest BCUT2D eigenvalue weighted by Crippen LogP contribution is 2.26. The highest BCUT2D eigenvalue weighted by Gasteiger charge is 2.03. The maximum absolute atomic E-state index is 11.8. The first-order valence-electron chi connectivity index (χ1n) is 6.35. The number of hydrogen-bond acceptors (Lipinski definition) is 5. The van der Waals surface area contributed by atoms with Gasteiger partial charge in [-0.1, -0.05) is 6.07 Å². The second-order valence-electron chi connectivity index (χ2n) is 4.07. The standard InChI is InChI=1S/C16H13BrN2O3/c1-21-14-11-12(3-5-13(14)17)4-6-16(20)22-15-7-10-18-8-2-9-19-15/h2-11H,1H3/b6-4?,8-2?,9-2-,10-7-,15-7?,18-8-,18-10?,19-9?,19-15+. The van der Waals surface area contributed by atoms with Crippen LogP contribution < -0.4 is 4.74 Å². The number of halogens is 1. The summed E-state index contributed by atoms with van der Waals surface area (Å²) in [6, 6.07) is 5.49. The third-order valence-corrected chi connectivity index (χ3v) is 3.21. The summed E-state index contributed by atoms with van der Waals surface area (Å²) in [6.07, 6.45) is 10.7. The van der Waals surface area contributed by atoms with Gasteiger partial charge in [-0.25, -0.2) is 9.79 Å². The fraction of sp³-hybridized carbons (Fsp3) is 0.0625. The number of nitrogens with zero attached hydrogens (tertiary/aromatic N) is 2. The largest absolute Gasteiger partial charge is 0.496 e. The molecule has 6 heteroatoms. The molecule has 0 aliphatic carbocycles. The summed E-state index contributed by atoms with van der Waals surface area (Å²) in [4.78, 5) is 19.7. The molecular weight excluding hydrogens is 348 g/mol. The van der Waals surface area contributed by atoms with E-state index < -0.39 is 5.97 Å². The molecule has 0 saturated carbocycles. The predicted molar refractivity (Wildman–Crippen MR) is 90.0 cm³/mol. The Morgan fingerprint density at radius 1 is 1.32 bits per heavy atom. The lowest BCUT2D eigenvalue weighted by atomic mass is 10.2. The lowest BCUT2D eigenvalue weighted by Gasteiger charge is -2.04. The molecule has 0 radical (unpaired) electrons. The van der Waals surface area contributed by atoms with E-state index >= 15 is 0 Å². The molecule has 0 unspecified atom stereocenters. The molecular formula is C16H13BrN2O3. The number of carbonyl (C=O) groups is 1. The van der Waals surface area contributed by atoms with E-state index in [4.69, 9.17) is 9.47 Å². The molecule has 0 spiro atoms. The number of allylic oxidation sites excluding steroid dienone is 1. The van der Waals surface area contributed by atoms with Crippen molar-refractivity contribution in [1.29, 1.82) is 0 Å². The number of methoxy groups -OCH3 is 1. The van der Waals surface area contributed by atoms with Crippen molar-refractivity contribution < 1.29 is 14.3 Å². The molecule has 0 amide bonds. The highest BCUT2D eigenvalue weighted by atomic mass is 79.9. The van der Waals surface area contributed by atoms with Crippen molar-refractivity contribution in [3.05, 3.63) is 58.9 Å². The molecule has 0 aromatic heterocycles. The van der Waals surface area contributed by atoms with Gasteiger partial charge in [0.05, 0.1) is 11.6 Å². The van der Waals surface area contributed by atoms with Gasteiger partial charge in [0.25, 0.3) is 0 Å². The van der Waals surface area contributed by atoms with Crippen LogP contribution in [-0.4, -0.2) is 25.2 Å². The first-order chi connectivity index (χ1) is 10.7. The van der Waals surface area contributed by atoms with Crippen molar-refractivity contribution in [2.75, 3.05) is 7.11 Å². The Balaban J connectivity index is 2.02. The predicted octanol–water partition coefficient (Wildman–Crippen LogP) is 3.52. The molecule has 5 nitrogen and oxygen atoms in total. The lowest BCUT2D eigenvalue weighted by molar-refractivity contribution is -0.129. The monoisotopic (exact) mass is 360 g/mol. The van der Waals surface area contributed by atoms with Crippen LogP contribution in [-0.2, 0) is 9.53 Å². The molecule has 112 valence electrons. The molecule has 22 heavy (non-hydrogen) atoms. The summed E-state index contributed by atoms with van der Waals surface area (Å²) in [6.45, 7) is 0. The second kappa shape index (κ2) is 8.09. The summed E-state index contributed by atoms with van der Waals surface area (Å²) in [5, 5.41) is 0. The molecule has 0 N–H and O–H groups in total. The summed E-state index contributed by atoms with van der Waals surface area (Å²) in [7, 11) is 1.58. The van der Waals surface area contributed by atoms with E-state index in [0.717, 1.165) is 10.0 Å². The third kappa shape index (κ3) is 4.82. The number of hydrogen-bond donors (Lipinski definition) is 0. The molecule has 1 aliphatic heterocycles. The van der Waals surface area contributed by atoms with Crippen LogP contribution in [0.15, 0.2) is 63.3 Å². The van der Waals surface area contributed by atoms with Gasteiger partial charge in [-0.3, -0.25) is 4.99 Å². The first-order valence-corrected chi connectivity index (χ1v) is 7.14. The third-order valence-electron chi connectivity index (χ3n) is 2.56. The van der Waals surface area contributed by atoms with Crippen molar-refractivity contribution in [3.63, 3.8) is 0 Å². The smallest absolute Gasteiger partial charge is 0.337 e. The maximum atomic E-state index is 11.8. The highest BCUT2D eigenvalue weighted by molar-refractivity contribution is 9.10. The Hall–Kier alpha value is -2.47. The molecule has 0 bridgehead atoms. The summed E-state index contributed by atoms with van der Waals surface area (Å²) >= 11 is 3.37. The first kappa shape index (κ1) is 15.9. The minimum absolute atomic E-state index is 0.177. The van der Waals surface area contributed by atoms with Crippen LogP contribution >= 0.6 is 15.9 Å². The molecule has 1 heterocycles. The van der Waals surface area contributed by atoms with E-state index in [9.17, 15) is 4.79 Å². The Labute approximate surface area is 136 Å². The summed E-state index contributed by atoms with van der Waals surface area (Å²) in [5.74, 6) is 0.338. The van der Waals surface area contributed by atoms with Crippen LogP contribution in [0.4, 0.5) is 0 Å². The normalized spacial score (nSPS) is 20.4. The van der Waals surface area contributed by atoms with E-state index in [1.165, 1.54) is 24.6 Å². The van der Waals surface area contributed by atoms with Gasteiger partial charge in [0, 0.05) is 30.8 Å². The van der Waals surface area contributed by atoms with Gasteiger partial charge in [-0.05, 0) is 45.8 Å². The second-order valence-corrected chi connectivity index (χ2v) is 4.93. The number of rotatable bonds is 3. The molecule has 0 atom stereocenters. The lowest BCUT2D eigenvalue weighted by Crippen LogP contribution is -2.07. The zero-order chi connectivity index (χ0) is 15.8. The fourth-order valence-electron chi connectivity index (χ4n) is 1.55. The van der Waals surface area contributed by atoms with Gasteiger partial charge in [0.1, 0.15) is 5.75 Å². The Morgan fingerprint density at radius 3 is 3.00 bits per heavy atom. The Morgan fingerprint density at radius 2 is 2.18 bits per heavy atom. The number of carbonyl (C=O) groups excluding carboxylic acids is 1. The van der Waals surface area contributed by atoms with Crippen LogP contribution in [0.25, 0.3) is 6.08 Å². The number of aliphatic imine (C=N–C) groups is 2. The Kier molecular flexibility index (Phi) is 5.85. The van der Waals surface area contributed by atoms with Gasteiger partial charge < -0.3 is 9.47 Å². The van der Waals surface area contributed by atoms with Crippen LogP contribution in [0.2, 0.25) is 0 Å². The summed E-state index contributed by atoms with van der Waals surface area (Å²) in [5.41, 5.74) is 0.816. The van der Waals surface area contributed by atoms with Gasteiger partial charge in [-0.2, -0.15) is 0 Å². The topological polar surface area (TPSA) is 60.2 Å². The van der Waals surface area contributed by atoms with E-state index in [2.05, 4.69) is 25.9 Å². The number of ether oxygens (including phenoxy) is 2. The molecule has 1 aliphatic rings. The molecule has 0 saturated heterocycles. The maximum Gasteiger partial charge on any atom is 0.337 e. The molecule has 1 aromatic carbocycles. The Bertz CT molecular complexity index is 703. The molecule has 0 fully saturated rings. The minimum Gasteiger partial charge on any atom is -0.496 e. The van der Waals surface area contributed by atoms with Crippen LogP contribution in [0.1, 0.15) is 5.56 Å². The van der Waals surface area contributed by atoms with Gasteiger partial charge in [0.15, 0.2) is 0 Å². The summed E-state index contributed by atoms with van der Waals surface area (Å²) < 4.78 is 11.1. The zero-order valence-corrected chi connectivity index (χ0v) is 13.4. The van der Waals surface area contributed by atoms with E-state index in [1.807, 2.05) is 12.1 Å². The average Bonchev–Trinajstić information content (AvgIpc) is 2.49. The average molecular weight is 361 g/mol. The van der Waals surface area contributed by atoms with Crippen molar-refractivity contribution in [3.8, 4) is 5.75 Å². The number of esters is 1. The molecule has 1 aromatic rings. The van der Waals surface area contributed by atoms with Gasteiger partial charge >= 0.3 is 5.97 Å². The van der Waals surface area contributed by atoms with Crippen molar-refractivity contribution >= 4 is 40.1 Å². The SMILES string of the molecule is COc1cc(C=CC(=O)OC2=N/C=C\C=N/C=C\2)ccc1Br. The van der Waals surface area contributed by atoms with Crippen LogP contribution in [0, 0.1) is 0 Å². The fourth-order valence-corrected chi connectivity index (χ4v) is 1.95. The quantitative estimate of drug-likeness (QED) is 0.611. The van der Waals surface area contributed by atoms with Crippen molar-refractivity contribution in [2.24, 2.45) is 9.98 Å². The molecule has 2 rings (SSSR count). The van der Waals surface area contributed by atoms with Gasteiger partial charge in [0.2, 0.25) is 5.90 Å². The van der Waals surface area contributed by atoms with Gasteiger partial charge in [-0.15, -0.1) is 0 Å². The zero-order valence-electron chi connectivity index (χ0n) is 11.8.